The number of amidine groups is 1. The molecule has 23 heavy (non-hydrogen) atoms. The van der Waals surface area contributed by atoms with Gasteiger partial charge in [0.05, 0.1) is 0 Å². The van der Waals surface area contributed by atoms with Gasteiger partial charge in [-0.05, 0) is 18.8 Å². The number of hydrogen-bond acceptors (Lipinski definition) is 7. The minimum atomic E-state index is -1.28. The van der Waals surface area contributed by atoms with E-state index < -0.39 is 35.7 Å². The fourth-order valence-corrected chi connectivity index (χ4v) is 3.64. The van der Waals surface area contributed by atoms with Crippen LogP contribution in [0.25, 0.3) is 0 Å². The number of fused-ring (bicyclic) bond motifs is 1. The summed E-state index contributed by atoms with van der Waals surface area (Å²) in [6, 6.07) is -0.553. The van der Waals surface area contributed by atoms with Gasteiger partial charge in [-0.3, -0.25) is 9.79 Å². The molecule has 1 fully saturated rings. The Morgan fingerprint density at radius 3 is 2.65 bits per heavy atom. The summed E-state index contributed by atoms with van der Waals surface area (Å²) in [4.78, 5) is 16.6. The number of ether oxygens (including phenoxy) is 1. The highest BCUT2D eigenvalue weighted by Crippen LogP contribution is 2.35. The highest BCUT2D eigenvalue weighted by Gasteiger charge is 2.50. The predicted octanol–water partition coefficient (Wildman–Crippen LogP) is 0.0664. The van der Waals surface area contributed by atoms with Gasteiger partial charge in [-0.15, -0.1) is 0 Å². The molecular formula is C15H27N3O4S. The molecule has 4 N–H and O–H groups in total. The molecule has 0 aromatic rings. The largest absolute Gasteiger partial charge is 0.388 e. The fraction of sp³-hybridized carbons (Fsp3) is 0.867. The van der Waals surface area contributed by atoms with E-state index in [2.05, 4.69) is 36.4 Å². The van der Waals surface area contributed by atoms with Crippen LogP contribution in [0.1, 0.15) is 34.1 Å². The van der Waals surface area contributed by atoms with Gasteiger partial charge < -0.3 is 25.6 Å². The van der Waals surface area contributed by atoms with Crippen LogP contribution in [0.5, 0.6) is 0 Å². The van der Waals surface area contributed by atoms with E-state index in [1.807, 2.05) is 6.92 Å². The van der Waals surface area contributed by atoms with Crippen molar-refractivity contribution in [2.75, 3.05) is 13.1 Å². The molecule has 0 radical (unpaired) electrons. The number of nitrogens with zero attached hydrogens (tertiary/aromatic N) is 1. The second-order valence-corrected chi connectivity index (χ2v) is 8.17. The molecule has 0 aromatic carbocycles. The van der Waals surface area contributed by atoms with Gasteiger partial charge in [0.15, 0.2) is 11.3 Å². The number of hydrogen-bond donors (Lipinski definition) is 4. The quantitative estimate of drug-likeness (QED) is 0.575. The van der Waals surface area contributed by atoms with Crippen LogP contribution in [0.2, 0.25) is 0 Å². The van der Waals surface area contributed by atoms with Crippen molar-refractivity contribution in [3.05, 3.63) is 0 Å². The normalized spacial score (nSPS) is 33.8. The van der Waals surface area contributed by atoms with Gasteiger partial charge in [-0.1, -0.05) is 32.5 Å². The third-order valence-corrected chi connectivity index (χ3v) is 4.92. The zero-order valence-electron chi connectivity index (χ0n) is 14.1. The van der Waals surface area contributed by atoms with E-state index in [1.165, 1.54) is 11.8 Å². The van der Waals surface area contributed by atoms with Crippen LogP contribution in [0.3, 0.4) is 0 Å². The van der Waals surface area contributed by atoms with Gasteiger partial charge in [0.25, 0.3) is 5.91 Å². The zero-order valence-corrected chi connectivity index (χ0v) is 14.9. The van der Waals surface area contributed by atoms with E-state index in [0.29, 0.717) is 18.3 Å². The molecule has 132 valence electrons. The summed E-state index contributed by atoms with van der Waals surface area (Å²) in [6.07, 6.45) is -2.65. The second kappa shape index (κ2) is 7.38. The number of carbonyl (C=O) groups excluding carboxylic acids is 1. The number of thioether (sulfide) groups is 1. The molecule has 0 aromatic heterocycles. The molecular weight excluding hydrogens is 318 g/mol. The van der Waals surface area contributed by atoms with E-state index in [1.54, 1.807) is 0 Å². The molecule has 1 saturated heterocycles. The Labute approximate surface area is 141 Å². The molecule has 0 unspecified atom stereocenters. The third kappa shape index (κ3) is 4.59. The standard InChI is InChI=1S/C15H27N3O4S/c1-5-16-14-18-8-9(19)10(20)11(22-13(8)23-14)12(21)17-7-6-15(2,3)4/h8-11,13,19-20H,5-7H2,1-4H3,(H,16,18)(H,17,21)/t8-,9-,10+,11+,13-/m1/s1. The Morgan fingerprint density at radius 2 is 2.04 bits per heavy atom. The van der Waals surface area contributed by atoms with Crippen LogP contribution in [0.15, 0.2) is 4.99 Å². The SMILES string of the molecule is CCNC1=N[C@@H]2[C@@H](O)[C@H](O)[C@@H](C(=O)NCCC(C)(C)C)O[C@@H]2S1. The van der Waals surface area contributed by atoms with Gasteiger partial charge in [0, 0.05) is 13.1 Å². The number of aliphatic imine (C=N–C) groups is 1. The summed E-state index contributed by atoms with van der Waals surface area (Å²) in [5.74, 6) is -0.392. The fourth-order valence-electron chi connectivity index (χ4n) is 2.47. The molecule has 2 rings (SSSR count). The lowest BCUT2D eigenvalue weighted by atomic mass is 9.92. The van der Waals surface area contributed by atoms with Crippen molar-refractivity contribution in [2.24, 2.45) is 10.4 Å². The lowest BCUT2D eigenvalue weighted by Crippen LogP contribution is -2.59. The lowest BCUT2D eigenvalue weighted by molar-refractivity contribution is -0.171. The summed E-state index contributed by atoms with van der Waals surface area (Å²) in [7, 11) is 0. The maximum atomic E-state index is 12.3. The summed E-state index contributed by atoms with van der Waals surface area (Å²) in [5, 5.41) is 27.0. The van der Waals surface area contributed by atoms with Gasteiger partial charge in [0.1, 0.15) is 23.7 Å². The van der Waals surface area contributed by atoms with Crippen LogP contribution in [-0.2, 0) is 9.53 Å². The second-order valence-electron chi connectivity index (χ2n) is 7.08. The third-order valence-electron chi connectivity index (χ3n) is 3.82. The summed E-state index contributed by atoms with van der Waals surface area (Å²) >= 11 is 1.34. The highest BCUT2D eigenvalue weighted by atomic mass is 32.2. The first-order chi connectivity index (χ1) is 10.7. The Kier molecular flexibility index (Phi) is 5.94. The molecule has 8 heteroatoms. The predicted molar refractivity (Wildman–Crippen MR) is 90.2 cm³/mol. The summed E-state index contributed by atoms with van der Waals surface area (Å²) < 4.78 is 5.70. The molecule has 0 saturated carbocycles. The number of aliphatic hydroxyl groups excluding tert-OH is 2. The Balaban J connectivity index is 1.94. The molecule has 0 spiro atoms. The maximum absolute atomic E-state index is 12.3. The zero-order chi connectivity index (χ0) is 17.2. The van der Waals surface area contributed by atoms with Crippen molar-refractivity contribution in [3.8, 4) is 0 Å². The molecule has 2 aliphatic heterocycles. The first-order valence-electron chi connectivity index (χ1n) is 8.00. The molecule has 0 bridgehead atoms. The number of nitrogens with one attached hydrogen (secondary N) is 2. The van der Waals surface area contributed by atoms with Crippen LogP contribution >= 0.6 is 11.8 Å². The van der Waals surface area contributed by atoms with E-state index in [-0.39, 0.29) is 5.41 Å². The van der Waals surface area contributed by atoms with E-state index in [4.69, 9.17) is 4.74 Å². The maximum Gasteiger partial charge on any atom is 0.252 e. The molecule has 2 heterocycles. The molecule has 7 nitrogen and oxygen atoms in total. The number of amides is 1. The van der Waals surface area contributed by atoms with Crippen molar-refractivity contribution in [3.63, 3.8) is 0 Å². The topological polar surface area (TPSA) is 103 Å². The lowest BCUT2D eigenvalue weighted by Gasteiger charge is -2.37. The van der Waals surface area contributed by atoms with E-state index in [9.17, 15) is 15.0 Å². The van der Waals surface area contributed by atoms with E-state index >= 15 is 0 Å². The van der Waals surface area contributed by atoms with Crippen molar-refractivity contribution < 1.29 is 19.7 Å². The summed E-state index contributed by atoms with van der Waals surface area (Å²) in [6.45, 7) is 9.44. The Morgan fingerprint density at radius 1 is 1.35 bits per heavy atom. The average molecular weight is 345 g/mol. The van der Waals surface area contributed by atoms with Gasteiger partial charge >= 0.3 is 0 Å². The molecule has 0 aliphatic carbocycles. The monoisotopic (exact) mass is 345 g/mol. The Hall–Kier alpha value is -0.830. The molecule has 1 amide bonds. The van der Waals surface area contributed by atoms with Gasteiger partial charge in [-0.25, -0.2) is 0 Å². The van der Waals surface area contributed by atoms with Crippen LogP contribution in [0, 0.1) is 5.41 Å². The number of rotatable bonds is 4. The number of aliphatic hydroxyl groups is 2. The summed E-state index contributed by atoms with van der Waals surface area (Å²) in [5.41, 5.74) is -0.347. The van der Waals surface area contributed by atoms with Crippen molar-refractivity contribution >= 4 is 22.8 Å². The first kappa shape index (κ1) is 18.5. The van der Waals surface area contributed by atoms with Crippen molar-refractivity contribution in [1.82, 2.24) is 10.6 Å². The first-order valence-corrected chi connectivity index (χ1v) is 8.88. The van der Waals surface area contributed by atoms with Gasteiger partial charge in [0.2, 0.25) is 0 Å². The smallest absolute Gasteiger partial charge is 0.252 e. The average Bonchev–Trinajstić information content (AvgIpc) is 2.84. The molecule has 2 aliphatic rings. The van der Waals surface area contributed by atoms with Crippen LogP contribution in [-0.4, -0.2) is 64.2 Å². The van der Waals surface area contributed by atoms with E-state index in [0.717, 1.165) is 6.42 Å². The van der Waals surface area contributed by atoms with Crippen LogP contribution < -0.4 is 10.6 Å². The highest BCUT2D eigenvalue weighted by molar-refractivity contribution is 8.14. The Bertz CT molecular complexity index is 466. The minimum absolute atomic E-state index is 0.111. The number of carbonyl (C=O) groups is 1. The van der Waals surface area contributed by atoms with Crippen molar-refractivity contribution in [2.45, 2.75) is 63.9 Å². The van der Waals surface area contributed by atoms with Crippen LogP contribution in [0.4, 0.5) is 0 Å². The van der Waals surface area contributed by atoms with Gasteiger partial charge in [-0.2, -0.15) is 0 Å². The van der Waals surface area contributed by atoms with Crippen molar-refractivity contribution in [1.29, 1.82) is 0 Å². The minimum Gasteiger partial charge on any atom is -0.388 e. The molecule has 5 atom stereocenters.